The summed E-state index contributed by atoms with van der Waals surface area (Å²) in [6.07, 6.45) is 5.38. The molecule has 2 saturated heterocycles. The van der Waals surface area contributed by atoms with Crippen LogP contribution in [-0.2, 0) is 0 Å². The van der Waals surface area contributed by atoms with Crippen molar-refractivity contribution in [1.29, 1.82) is 0 Å². The Labute approximate surface area is 86.5 Å². The van der Waals surface area contributed by atoms with Crippen LogP contribution in [-0.4, -0.2) is 48.8 Å². The van der Waals surface area contributed by atoms with E-state index < -0.39 is 0 Å². The predicted molar refractivity (Wildman–Crippen MR) is 57.3 cm³/mol. The highest BCUT2D eigenvalue weighted by Crippen LogP contribution is 2.25. The van der Waals surface area contributed by atoms with Gasteiger partial charge in [0.1, 0.15) is 0 Å². The van der Waals surface area contributed by atoms with Crippen molar-refractivity contribution in [3.05, 3.63) is 0 Å². The molecular weight excluding hydrogens is 176 g/mol. The number of aliphatic hydroxyl groups is 1. The Kier molecular flexibility index (Phi) is 3.79. The highest BCUT2D eigenvalue weighted by atomic mass is 16.3. The van der Waals surface area contributed by atoms with Crippen molar-refractivity contribution in [2.24, 2.45) is 5.92 Å². The molecule has 2 fully saturated rings. The summed E-state index contributed by atoms with van der Waals surface area (Å²) >= 11 is 0. The molecule has 0 spiro atoms. The lowest BCUT2D eigenvalue weighted by Crippen LogP contribution is -2.41. The van der Waals surface area contributed by atoms with Crippen molar-refractivity contribution >= 4 is 0 Å². The summed E-state index contributed by atoms with van der Waals surface area (Å²) in [7, 11) is 0. The van der Waals surface area contributed by atoms with E-state index in [1.54, 1.807) is 0 Å². The third kappa shape index (κ3) is 2.47. The lowest BCUT2D eigenvalue weighted by atomic mass is 9.88. The topological polar surface area (TPSA) is 35.5 Å². The van der Waals surface area contributed by atoms with Crippen molar-refractivity contribution < 1.29 is 5.11 Å². The van der Waals surface area contributed by atoms with Gasteiger partial charge in [-0.25, -0.2) is 0 Å². The van der Waals surface area contributed by atoms with Gasteiger partial charge >= 0.3 is 0 Å². The molecule has 0 aliphatic carbocycles. The summed E-state index contributed by atoms with van der Waals surface area (Å²) in [4.78, 5) is 2.38. The van der Waals surface area contributed by atoms with E-state index >= 15 is 0 Å². The van der Waals surface area contributed by atoms with Crippen molar-refractivity contribution in [3.63, 3.8) is 0 Å². The molecule has 1 atom stereocenters. The molecule has 0 saturated carbocycles. The molecule has 2 N–H and O–H groups in total. The van der Waals surface area contributed by atoms with Gasteiger partial charge < -0.3 is 15.3 Å². The first-order chi connectivity index (χ1) is 6.90. The smallest absolute Gasteiger partial charge is 0.0558 e. The molecule has 3 nitrogen and oxygen atoms in total. The second-order valence-electron chi connectivity index (χ2n) is 4.61. The van der Waals surface area contributed by atoms with E-state index in [-0.39, 0.29) is 0 Å². The standard InChI is InChI=1S/C11H22N2O/c14-9-8-13-6-3-10(4-7-13)11-2-1-5-12-11/h10-12,14H,1-9H2. The van der Waals surface area contributed by atoms with E-state index in [0.29, 0.717) is 6.61 Å². The number of piperidine rings is 1. The Morgan fingerprint density at radius 2 is 2.00 bits per heavy atom. The van der Waals surface area contributed by atoms with Crippen molar-refractivity contribution in [2.45, 2.75) is 31.7 Å². The number of rotatable bonds is 3. The Balaban J connectivity index is 1.72. The Bertz CT molecular complexity index is 161. The van der Waals surface area contributed by atoms with Crippen molar-refractivity contribution in [3.8, 4) is 0 Å². The van der Waals surface area contributed by atoms with Crippen LogP contribution in [0.4, 0.5) is 0 Å². The average Bonchev–Trinajstić information content (AvgIpc) is 2.72. The summed E-state index contributed by atoms with van der Waals surface area (Å²) in [5.74, 6) is 0.896. The molecule has 2 rings (SSSR count). The quantitative estimate of drug-likeness (QED) is 0.691. The minimum atomic E-state index is 0.312. The fraction of sp³-hybridized carbons (Fsp3) is 1.00. The molecule has 0 amide bonds. The molecule has 14 heavy (non-hydrogen) atoms. The Morgan fingerprint density at radius 3 is 2.57 bits per heavy atom. The van der Waals surface area contributed by atoms with Crippen LogP contribution in [0.2, 0.25) is 0 Å². The maximum Gasteiger partial charge on any atom is 0.0558 e. The molecule has 82 valence electrons. The molecule has 2 heterocycles. The summed E-state index contributed by atoms with van der Waals surface area (Å²) in [5.41, 5.74) is 0. The van der Waals surface area contributed by atoms with E-state index in [1.807, 2.05) is 0 Å². The van der Waals surface area contributed by atoms with E-state index in [4.69, 9.17) is 5.11 Å². The van der Waals surface area contributed by atoms with Gasteiger partial charge in [-0.2, -0.15) is 0 Å². The fourth-order valence-electron chi connectivity index (χ4n) is 2.83. The molecular formula is C11H22N2O. The van der Waals surface area contributed by atoms with E-state index in [2.05, 4.69) is 10.2 Å². The zero-order valence-electron chi connectivity index (χ0n) is 8.91. The van der Waals surface area contributed by atoms with Crippen molar-refractivity contribution in [2.75, 3.05) is 32.8 Å². The van der Waals surface area contributed by atoms with Crippen LogP contribution in [0.15, 0.2) is 0 Å². The summed E-state index contributed by atoms with van der Waals surface area (Å²) in [5, 5.41) is 12.4. The number of nitrogens with one attached hydrogen (secondary N) is 1. The van der Waals surface area contributed by atoms with E-state index in [1.165, 1.54) is 45.3 Å². The lowest BCUT2D eigenvalue weighted by Gasteiger charge is -2.34. The number of hydrogen-bond donors (Lipinski definition) is 2. The van der Waals surface area contributed by atoms with Crippen LogP contribution >= 0.6 is 0 Å². The van der Waals surface area contributed by atoms with Gasteiger partial charge in [0.05, 0.1) is 6.61 Å². The van der Waals surface area contributed by atoms with E-state index in [9.17, 15) is 0 Å². The third-order valence-corrected chi connectivity index (χ3v) is 3.72. The van der Waals surface area contributed by atoms with Gasteiger partial charge in [-0.3, -0.25) is 0 Å². The first-order valence-electron chi connectivity index (χ1n) is 5.97. The molecule has 2 aliphatic rings. The van der Waals surface area contributed by atoms with Crippen LogP contribution < -0.4 is 5.32 Å². The van der Waals surface area contributed by atoms with Gasteiger partial charge in [0.15, 0.2) is 0 Å². The molecule has 0 bridgehead atoms. The predicted octanol–water partition coefficient (Wildman–Crippen LogP) is 0.443. The minimum Gasteiger partial charge on any atom is -0.395 e. The first kappa shape index (κ1) is 10.4. The largest absolute Gasteiger partial charge is 0.395 e. The third-order valence-electron chi connectivity index (χ3n) is 3.72. The van der Waals surface area contributed by atoms with Crippen LogP contribution in [0.5, 0.6) is 0 Å². The molecule has 0 radical (unpaired) electrons. The fourth-order valence-corrected chi connectivity index (χ4v) is 2.83. The van der Waals surface area contributed by atoms with Gasteiger partial charge in [-0.1, -0.05) is 0 Å². The molecule has 1 unspecified atom stereocenters. The van der Waals surface area contributed by atoms with Gasteiger partial charge in [-0.05, 0) is 51.2 Å². The lowest BCUT2D eigenvalue weighted by molar-refractivity contribution is 0.135. The zero-order valence-corrected chi connectivity index (χ0v) is 8.91. The number of nitrogens with zero attached hydrogens (tertiary/aromatic N) is 1. The number of aliphatic hydroxyl groups excluding tert-OH is 1. The Hall–Kier alpha value is -0.120. The second kappa shape index (κ2) is 5.10. The monoisotopic (exact) mass is 198 g/mol. The first-order valence-corrected chi connectivity index (χ1v) is 5.97. The normalized spacial score (nSPS) is 31.1. The number of hydrogen-bond acceptors (Lipinski definition) is 3. The second-order valence-corrected chi connectivity index (χ2v) is 4.61. The summed E-state index contributed by atoms with van der Waals surface area (Å²) in [6.45, 7) is 4.77. The Morgan fingerprint density at radius 1 is 1.21 bits per heavy atom. The maximum atomic E-state index is 8.84. The molecule has 0 aromatic carbocycles. The summed E-state index contributed by atoms with van der Waals surface area (Å²) in [6, 6.07) is 0.797. The van der Waals surface area contributed by atoms with Crippen molar-refractivity contribution in [1.82, 2.24) is 10.2 Å². The molecule has 0 aromatic rings. The minimum absolute atomic E-state index is 0.312. The van der Waals surface area contributed by atoms with E-state index in [0.717, 1.165) is 18.5 Å². The maximum absolute atomic E-state index is 8.84. The molecule has 0 aromatic heterocycles. The van der Waals surface area contributed by atoms with Gasteiger partial charge in [0.2, 0.25) is 0 Å². The SMILES string of the molecule is OCCN1CCC(C2CCCN2)CC1. The number of likely N-dealkylation sites (tertiary alicyclic amines) is 1. The highest BCUT2D eigenvalue weighted by molar-refractivity contribution is 4.85. The summed E-state index contributed by atoms with van der Waals surface area (Å²) < 4.78 is 0. The molecule has 2 aliphatic heterocycles. The highest BCUT2D eigenvalue weighted by Gasteiger charge is 2.27. The van der Waals surface area contributed by atoms with Crippen LogP contribution in [0, 0.1) is 5.92 Å². The van der Waals surface area contributed by atoms with Crippen LogP contribution in [0.25, 0.3) is 0 Å². The average molecular weight is 198 g/mol. The van der Waals surface area contributed by atoms with Gasteiger partial charge in [-0.15, -0.1) is 0 Å². The van der Waals surface area contributed by atoms with Crippen LogP contribution in [0.3, 0.4) is 0 Å². The molecule has 3 heteroatoms. The zero-order chi connectivity index (χ0) is 9.80. The van der Waals surface area contributed by atoms with Crippen LogP contribution in [0.1, 0.15) is 25.7 Å². The van der Waals surface area contributed by atoms with Gasteiger partial charge in [0, 0.05) is 12.6 Å². The number of β-amino-alcohol motifs (C(OH)–C–C–N with tert-alkyl or cyclic N) is 1. The van der Waals surface area contributed by atoms with Gasteiger partial charge in [0.25, 0.3) is 0 Å².